The van der Waals surface area contributed by atoms with Crippen molar-refractivity contribution < 1.29 is 19.4 Å². The molecule has 0 fully saturated rings. The molecule has 0 amide bonds. The fourth-order valence-corrected chi connectivity index (χ4v) is 2.88. The Bertz CT molecular complexity index is 743. The van der Waals surface area contributed by atoms with Crippen molar-refractivity contribution >= 4 is 46.2 Å². The summed E-state index contributed by atoms with van der Waals surface area (Å²) in [6, 6.07) is 11.0. The number of ether oxygens (including phenoxy) is 2. The van der Waals surface area contributed by atoms with Gasteiger partial charge < -0.3 is 14.6 Å². The van der Waals surface area contributed by atoms with Crippen LogP contribution in [-0.2, 0) is 11.4 Å². The Balaban J connectivity index is 2.24. The summed E-state index contributed by atoms with van der Waals surface area (Å²) in [6.07, 6.45) is 2.58. The van der Waals surface area contributed by atoms with Gasteiger partial charge in [0, 0.05) is 16.7 Å². The standard InChI is InChI=1S/C17H14ClIO4/c1-22-15-9-11(6-7-16(20)21)8-14(19)17(15)23-10-12-4-2-3-5-13(12)18/h2-9H,10H2,1H3,(H,20,21). The number of halogens is 2. The molecule has 120 valence electrons. The molecule has 6 heteroatoms. The lowest BCUT2D eigenvalue weighted by Crippen LogP contribution is -2.00. The van der Waals surface area contributed by atoms with E-state index in [0.717, 1.165) is 20.8 Å². The van der Waals surface area contributed by atoms with Gasteiger partial charge in [0.25, 0.3) is 0 Å². The van der Waals surface area contributed by atoms with Gasteiger partial charge in [-0.1, -0.05) is 29.8 Å². The first-order chi connectivity index (χ1) is 11.0. The van der Waals surface area contributed by atoms with Crippen molar-refractivity contribution in [3.8, 4) is 11.5 Å². The Morgan fingerprint density at radius 3 is 2.74 bits per heavy atom. The number of carboxylic acid groups (broad SMARTS) is 1. The van der Waals surface area contributed by atoms with Crippen molar-refractivity contribution in [3.63, 3.8) is 0 Å². The van der Waals surface area contributed by atoms with Gasteiger partial charge in [-0.3, -0.25) is 0 Å². The zero-order valence-corrected chi connectivity index (χ0v) is 15.2. The first kappa shape index (κ1) is 17.6. The van der Waals surface area contributed by atoms with E-state index in [2.05, 4.69) is 22.6 Å². The molecule has 0 bridgehead atoms. The molecule has 0 saturated carbocycles. The molecule has 1 N–H and O–H groups in total. The fraction of sp³-hybridized carbons (Fsp3) is 0.118. The lowest BCUT2D eigenvalue weighted by atomic mass is 10.2. The van der Waals surface area contributed by atoms with E-state index in [1.54, 1.807) is 13.2 Å². The molecule has 4 nitrogen and oxygen atoms in total. The highest BCUT2D eigenvalue weighted by Crippen LogP contribution is 2.35. The number of benzene rings is 2. The lowest BCUT2D eigenvalue weighted by Gasteiger charge is -2.14. The molecule has 0 spiro atoms. The summed E-state index contributed by atoms with van der Waals surface area (Å²) in [4.78, 5) is 10.6. The van der Waals surface area contributed by atoms with E-state index in [1.165, 1.54) is 6.08 Å². The summed E-state index contributed by atoms with van der Waals surface area (Å²) >= 11 is 8.25. The summed E-state index contributed by atoms with van der Waals surface area (Å²) in [7, 11) is 1.54. The van der Waals surface area contributed by atoms with Crippen LogP contribution >= 0.6 is 34.2 Å². The maximum atomic E-state index is 10.6. The number of rotatable bonds is 6. The molecule has 2 aromatic rings. The van der Waals surface area contributed by atoms with E-state index >= 15 is 0 Å². The largest absolute Gasteiger partial charge is 0.493 e. The molecule has 0 atom stereocenters. The molecule has 2 aromatic carbocycles. The minimum absolute atomic E-state index is 0.316. The predicted octanol–water partition coefficient (Wildman–Crippen LogP) is 4.63. The van der Waals surface area contributed by atoms with E-state index < -0.39 is 5.97 Å². The van der Waals surface area contributed by atoms with Crippen LogP contribution in [-0.4, -0.2) is 18.2 Å². The van der Waals surface area contributed by atoms with Crippen molar-refractivity contribution in [1.82, 2.24) is 0 Å². The van der Waals surface area contributed by atoms with Gasteiger partial charge in [-0.15, -0.1) is 0 Å². The minimum Gasteiger partial charge on any atom is -0.493 e. The molecule has 0 heterocycles. The molecule has 0 unspecified atom stereocenters. The van der Waals surface area contributed by atoms with Crippen LogP contribution in [0.3, 0.4) is 0 Å². The Labute approximate surface area is 152 Å². The molecule has 23 heavy (non-hydrogen) atoms. The number of hydrogen-bond acceptors (Lipinski definition) is 3. The summed E-state index contributed by atoms with van der Waals surface area (Å²) < 4.78 is 12.0. The predicted molar refractivity (Wildman–Crippen MR) is 98.2 cm³/mol. The van der Waals surface area contributed by atoms with Crippen LogP contribution in [0.2, 0.25) is 5.02 Å². The molecular weight excluding hydrogens is 431 g/mol. The van der Waals surface area contributed by atoms with Crippen molar-refractivity contribution in [2.75, 3.05) is 7.11 Å². The molecule has 0 aliphatic rings. The van der Waals surface area contributed by atoms with Crippen molar-refractivity contribution in [1.29, 1.82) is 0 Å². The second kappa shape index (κ2) is 8.21. The number of carbonyl (C=O) groups is 1. The zero-order chi connectivity index (χ0) is 16.8. The van der Waals surface area contributed by atoms with Gasteiger partial charge in [0.05, 0.1) is 10.7 Å². The Morgan fingerprint density at radius 1 is 1.35 bits per heavy atom. The maximum Gasteiger partial charge on any atom is 0.328 e. The number of hydrogen-bond donors (Lipinski definition) is 1. The highest BCUT2D eigenvalue weighted by Gasteiger charge is 2.12. The van der Waals surface area contributed by atoms with Crippen LogP contribution in [0.4, 0.5) is 0 Å². The average molecular weight is 445 g/mol. The second-order valence-electron chi connectivity index (χ2n) is 4.59. The third kappa shape index (κ3) is 4.87. The van der Waals surface area contributed by atoms with Crippen LogP contribution in [0.1, 0.15) is 11.1 Å². The molecule has 2 rings (SSSR count). The van der Waals surface area contributed by atoms with Gasteiger partial charge in [0.15, 0.2) is 11.5 Å². The average Bonchev–Trinajstić information content (AvgIpc) is 2.52. The molecular formula is C17H14ClIO4. The van der Waals surface area contributed by atoms with E-state index in [-0.39, 0.29) is 0 Å². The summed E-state index contributed by atoms with van der Waals surface area (Å²) in [6.45, 7) is 0.316. The van der Waals surface area contributed by atoms with Crippen LogP contribution in [0.15, 0.2) is 42.5 Å². The molecule has 0 radical (unpaired) electrons. The third-order valence-electron chi connectivity index (χ3n) is 3.00. The molecule has 0 saturated heterocycles. The SMILES string of the molecule is COc1cc(C=CC(=O)O)cc(I)c1OCc1ccccc1Cl. The van der Waals surface area contributed by atoms with Crippen molar-refractivity contribution in [2.24, 2.45) is 0 Å². The minimum atomic E-state index is -1.00. The van der Waals surface area contributed by atoms with Gasteiger partial charge in [0.1, 0.15) is 6.61 Å². The smallest absolute Gasteiger partial charge is 0.328 e. The van der Waals surface area contributed by atoms with Gasteiger partial charge in [0.2, 0.25) is 0 Å². The first-order valence-electron chi connectivity index (χ1n) is 6.66. The van der Waals surface area contributed by atoms with Crippen LogP contribution < -0.4 is 9.47 Å². The molecule has 0 aromatic heterocycles. The number of aliphatic carboxylic acids is 1. The summed E-state index contributed by atoms with van der Waals surface area (Å²) in [5.41, 5.74) is 1.60. The third-order valence-corrected chi connectivity index (χ3v) is 4.17. The first-order valence-corrected chi connectivity index (χ1v) is 8.11. The van der Waals surface area contributed by atoms with Crippen LogP contribution in [0, 0.1) is 3.57 Å². The van der Waals surface area contributed by atoms with E-state index in [1.807, 2.05) is 30.3 Å². The molecule has 0 aliphatic heterocycles. The van der Waals surface area contributed by atoms with E-state index in [9.17, 15) is 4.79 Å². The highest BCUT2D eigenvalue weighted by molar-refractivity contribution is 14.1. The maximum absolute atomic E-state index is 10.6. The van der Waals surface area contributed by atoms with Gasteiger partial charge in [-0.2, -0.15) is 0 Å². The highest BCUT2D eigenvalue weighted by atomic mass is 127. The number of methoxy groups -OCH3 is 1. The van der Waals surface area contributed by atoms with Crippen molar-refractivity contribution in [2.45, 2.75) is 6.61 Å². The summed E-state index contributed by atoms with van der Waals surface area (Å²) in [5.74, 6) is 0.132. The van der Waals surface area contributed by atoms with Gasteiger partial charge in [-0.25, -0.2) is 4.79 Å². The second-order valence-corrected chi connectivity index (χ2v) is 6.16. The Hall–Kier alpha value is -1.73. The molecule has 0 aliphatic carbocycles. The van der Waals surface area contributed by atoms with E-state index in [0.29, 0.717) is 23.1 Å². The normalized spacial score (nSPS) is 10.7. The monoisotopic (exact) mass is 444 g/mol. The van der Waals surface area contributed by atoms with E-state index in [4.69, 9.17) is 26.2 Å². The van der Waals surface area contributed by atoms with Crippen LogP contribution in [0.25, 0.3) is 6.08 Å². The number of carboxylic acids is 1. The lowest BCUT2D eigenvalue weighted by molar-refractivity contribution is -0.131. The quantitative estimate of drug-likeness (QED) is 0.521. The van der Waals surface area contributed by atoms with Gasteiger partial charge in [-0.05, 0) is 52.4 Å². The fourth-order valence-electron chi connectivity index (χ4n) is 1.91. The summed E-state index contributed by atoms with van der Waals surface area (Å²) in [5, 5.41) is 9.35. The van der Waals surface area contributed by atoms with Gasteiger partial charge >= 0.3 is 5.97 Å². The van der Waals surface area contributed by atoms with Crippen LogP contribution in [0.5, 0.6) is 11.5 Å². The Morgan fingerprint density at radius 2 is 2.09 bits per heavy atom. The van der Waals surface area contributed by atoms with Crippen molar-refractivity contribution in [3.05, 3.63) is 62.2 Å². The zero-order valence-electron chi connectivity index (χ0n) is 12.3. The topological polar surface area (TPSA) is 55.8 Å². The Kier molecular flexibility index (Phi) is 6.29.